The van der Waals surface area contributed by atoms with Gasteiger partial charge in [-0.1, -0.05) is 19.2 Å². The summed E-state index contributed by atoms with van der Waals surface area (Å²) >= 11 is 0. The molecule has 0 aliphatic rings. The van der Waals surface area contributed by atoms with Gasteiger partial charge in [-0.25, -0.2) is 9.98 Å². The number of aryl methyl sites for hydroxylation is 1. The molecule has 0 radical (unpaired) electrons. The molecule has 0 aliphatic heterocycles. The third kappa shape index (κ3) is 1.75. The Kier molecular flexibility index (Phi) is 2.80. The van der Waals surface area contributed by atoms with Crippen molar-refractivity contribution >= 4 is 18.1 Å². The van der Waals surface area contributed by atoms with E-state index in [0.29, 0.717) is 5.82 Å². The van der Waals surface area contributed by atoms with Crippen LogP contribution in [-0.4, -0.2) is 15.8 Å². The predicted octanol–water partition coefficient (Wildman–Crippen LogP) is 2.26. The molecule has 13 heavy (non-hydrogen) atoms. The van der Waals surface area contributed by atoms with Crippen LogP contribution >= 0.6 is 0 Å². The fourth-order valence-corrected chi connectivity index (χ4v) is 1.06. The van der Waals surface area contributed by atoms with E-state index in [9.17, 15) is 0 Å². The minimum absolute atomic E-state index is 0.690. The van der Waals surface area contributed by atoms with Crippen LogP contribution in [0.25, 0.3) is 6.08 Å². The number of allylic oxidation sites excluding steroid dienone is 1. The third-order valence-electron chi connectivity index (χ3n) is 1.84. The molecule has 68 valence electrons. The van der Waals surface area contributed by atoms with E-state index in [2.05, 4.69) is 23.1 Å². The smallest absolute Gasteiger partial charge is 0.177 e. The van der Waals surface area contributed by atoms with Crippen molar-refractivity contribution in [2.24, 2.45) is 12.0 Å². The molecule has 0 aromatic carbocycles. The Hall–Kier alpha value is -1.64. The maximum atomic E-state index is 4.26. The molecular weight excluding hydrogens is 162 g/mol. The molecule has 1 rings (SSSR count). The number of aromatic nitrogens is 2. The molecular formula is C10H13N3. The summed E-state index contributed by atoms with van der Waals surface area (Å²) < 4.78 is 1.95. The van der Waals surface area contributed by atoms with Crippen LogP contribution in [0.4, 0.5) is 5.82 Å². The van der Waals surface area contributed by atoms with Gasteiger partial charge in [0.05, 0.1) is 5.69 Å². The molecule has 3 nitrogen and oxygen atoms in total. The summed E-state index contributed by atoms with van der Waals surface area (Å²) in [5.74, 6) is 1.61. The summed E-state index contributed by atoms with van der Waals surface area (Å²) in [4.78, 5) is 8.40. The molecule has 0 N–H and O–H groups in total. The molecule has 3 heteroatoms. The van der Waals surface area contributed by atoms with Crippen LogP contribution in [-0.2, 0) is 7.05 Å². The van der Waals surface area contributed by atoms with E-state index in [1.54, 1.807) is 18.4 Å². The molecule has 0 bridgehead atoms. The highest BCUT2D eigenvalue weighted by Crippen LogP contribution is 2.19. The van der Waals surface area contributed by atoms with Crippen LogP contribution in [0.5, 0.6) is 0 Å². The molecule has 0 amide bonds. The normalized spacial score (nSPS) is 10.6. The van der Waals surface area contributed by atoms with Gasteiger partial charge in [0, 0.05) is 13.3 Å². The van der Waals surface area contributed by atoms with E-state index < -0.39 is 0 Å². The number of imidazole rings is 1. The zero-order chi connectivity index (χ0) is 9.84. The third-order valence-corrected chi connectivity index (χ3v) is 1.84. The lowest BCUT2D eigenvalue weighted by Gasteiger charge is -1.96. The van der Waals surface area contributed by atoms with Gasteiger partial charge in [-0.15, -0.1) is 0 Å². The summed E-state index contributed by atoms with van der Waals surface area (Å²) in [5, 5.41) is 0. The average Bonchev–Trinajstić information content (AvgIpc) is 2.39. The minimum Gasteiger partial charge on any atom is -0.330 e. The van der Waals surface area contributed by atoms with E-state index >= 15 is 0 Å². The first kappa shape index (κ1) is 9.45. The van der Waals surface area contributed by atoms with Crippen molar-refractivity contribution in [1.82, 2.24) is 9.55 Å². The van der Waals surface area contributed by atoms with Gasteiger partial charge in [-0.05, 0) is 13.0 Å². The van der Waals surface area contributed by atoms with Crippen molar-refractivity contribution in [2.45, 2.75) is 6.92 Å². The minimum atomic E-state index is 0.690. The maximum Gasteiger partial charge on any atom is 0.177 e. The molecule has 0 saturated carbocycles. The van der Waals surface area contributed by atoms with Crippen LogP contribution in [0.2, 0.25) is 0 Å². The molecule has 0 saturated heterocycles. The van der Waals surface area contributed by atoms with Crippen molar-refractivity contribution in [2.75, 3.05) is 0 Å². The SMILES string of the molecule is C=C/C=N\c1nc(C)n(C)c1C=C. The van der Waals surface area contributed by atoms with Crippen molar-refractivity contribution < 1.29 is 0 Å². The van der Waals surface area contributed by atoms with Gasteiger partial charge in [0.15, 0.2) is 5.82 Å². The van der Waals surface area contributed by atoms with E-state index in [-0.39, 0.29) is 0 Å². The average molecular weight is 175 g/mol. The molecule has 0 aliphatic carbocycles. The number of rotatable bonds is 3. The predicted molar refractivity (Wildman–Crippen MR) is 56.4 cm³/mol. The highest BCUT2D eigenvalue weighted by Gasteiger charge is 2.06. The van der Waals surface area contributed by atoms with Gasteiger partial charge in [-0.3, -0.25) is 0 Å². The van der Waals surface area contributed by atoms with Gasteiger partial charge in [0.2, 0.25) is 0 Å². The first-order chi connectivity index (χ1) is 6.20. The Bertz CT molecular complexity index is 358. The fourth-order valence-electron chi connectivity index (χ4n) is 1.06. The van der Waals surface area contributed by atoms with E-state index in [1.807, 2.05) is 18.5 Å². The van der Waals surface area contributed by atoms with Crippen molar-refractivity contribution in [1.29, 1.82) is 0 Å². The second-order valence-electron chi connectivity index (χ2n) is 2.64. The lowest BCUT2D eigenvalue weighted by atomic mass is 10.4. The lowest BCUT2D eigenvalue weighted by molar-refractivity contribution is 0.849. The molecule has 0 unspecified atom stereocenters. The number of hydrogen-bond acceptors (Lipinski definition) is 2. The summed E-state index contributed by atoms with van der Waals surface area (Å²) in [5.41, 5.74) is 0.926. The Labute approximate surface area is 78.1 Å². The Morgan fingerprint density at radius 3 is 2.69 bits per heavy atom. The van der Waals surface area contributed by atoms with Crippen molar-refractivity contribution in [3.63, 3.8) is 0 Å². The highest BCUT2D eigenvalue weighted by molar-refractivity contribution is 5.74. The van der Waals surface area contributed by atoms with Gasteiger partial charge < -0.3 is 4.57 Å². The summed E-state index contributed by atoms with van der Waals surface area (Å²) in [7, 11) is 1.94. The Balaban J connectivity index is 3.20. The summed E-state index contributed by atoms with van der Waals surface area (Å²) in [6.45, 7) is 9.19. The first-order valence-corrected chi connectivity index (χ1v) is 4.01. The van der Waals surface area contributed by atoms with E-state index in [1.165, 1.54) is 0 Å². The zero-order valence-electron chi connectivity index (χ0n) is 7.99. The van der Waals surface area contributed by atoms with Gasteiger partial charge in [0.1, 0.15) is 5.82 Å². The van der Waals surface area contributed by atoms with E-state index in [0.717, 1.165) is 11.5 Å². The summed E-state index contributed by atoms with van der Waals surface area (Å²) in [6, 6.07) is 0. The molecule has 1 heterocycles. The number of aliphatic imine (C=N–C) groups is 1. The number of nitrogens with zero attached hydrogens (tertiary/aromatic N) is 3. The zero-order valence-corrected chi connectivity index (χ0v) is 7.99. The molecule has 0 fully saturated rings. The van der Waals surface area contributed by atoms with Crippen molar-refractivity contribution in [3.05, 3.63) is 30.8 Å². The summed E-state index contributed by atoms with van der Waals surface area (Å²) in [6.07, 6.45) is 4.99. The fraction of sp³-hybridized carbons (Fsp3) is 0.200. The van der Waals surface area contributed by atoms with Crippen LogP contribution in [0, 0.1) is 6.92 Å². The van der Waals surface area contributed by atoms with Crippen LogP contribution < -0.4 is 0 Å². The maximum absolute atomic E-state index is 4.26. The lowest BCUT2D eigenvalue weighted by Crippen LogP contribution is -1.92. The second-order valence-corrected chi connectivity index (χ2v) is 2.64. The van der Waals surface area contributed by atoms with E-state index in [4.69, 9.17) is 0 Å². The standard InChI is InChI=1S/C10H13N3/c1-5-7-11-10-9(6-2)13(4)8(3)12-10/h5-7H,1-2H2,3-4H3/b11-7-. The van der Waals surface area contributed by atoms with Gasteiger partial charge in [-0.2, -0.15) is 0 Å². The molecule has 0 atom stereocenters. The first-order valence-electron chi connectivity index (χ1n) is 4.01. The van der Waals surface area contributed by atoms with Gasteiger partial charge in [0.25, 0.3) is 0 Å². The second kappa shape index (κ2) is 3.85. The van der Waals surface area contributed by atoms with Crippen LogP contribution in [0.3, 0.4) is 0 Å². The highest BCUT2D eigenvalue weighted by atomic mass is 15.1. The molecule has 0 spiro atoms. The largest absolute Gasteiger partial charge is 0.330 e. The molecule has 1 aromatic rings. The van der Waals surface area contributed by atoms with Crippen molar-refractivity contribution in [3.8, 4) is 0 Å². The number of hydrogen-bond donors (Lipinski definition) is 0. The Morgan fingerprint density at radius 2 is 2.15 bits per heavy atom. The Morgan fingerprint density at radius 1 is 1.46 bits per heavy atom. The van der Waals surface area contributed by atoms with Crippen LogP contribution in [0.15, 0.2) is 24.2 Å². The molecule has 1 aromatic heterocycles. The quantitative estimate of drug-likeness (QED) is 0.648. The monoisotopic (exact) mass is 175 g/mol. The van der Waals surface area contributed by atoms with Gasteiger partial charge >= 0.3 is 0 Å². The topological polar surface area (TPSA) is 30.2 Å². The van der Waals surface area contributed by atoms with Crippen LogP contribution in [0.1, 0.15) is 11.5 Å².